The maximum Gasteiger partial charge on any atom is 0.269 e. The van der Waals surface area contributed by atoms with E-state index < -0.39 is 17.6 Å². The van der Waals surface area contributed by atoms with Gasteiger partial charge < -0.3 is 21.3 Å². The van der Waals surface area contributed by atoms with Crippen molar-refractivity contribution in [2.24, 2.45) is 12.8 Å². The minimum Gasteiger partial charge on any atom is -0.504 e. The summed E-state index contributed by atoms with van der Waals surface area (Å²) in [4.78, 5) is 23.9. The first kappa shape index (κ1) is 16.3. The fraction of sp³-hybridized carbons (Fsp3) is 0.267. The Kier molecular flexibility index (Phi) is 4.54. The molecule has 0 aliphatic heterocycles. The van der Waals surface area contributed by atoms with Crippen molar-refractivity contribution >= 4 is 17.5 Å². The molecule has 2 rings (SSSR count). The molecule has 1 heterocycles. The number of primary amides is 1. The zero-order valence-corrected chi connectivity index (χ0v) is 12.8. The molecule has 0 aliphatic rings. The van der Waals surface area contributed by atoms with Gasteiger partial charge in [0.05, 0.1) is 11.4 Å². The number of nitrogens with two attached hydrogens (primary N) is 1. The summed E-state index contributed by atoms with van der Waals surface area (Å²) in [5.74, 6) is -1.99. The van der Waals surface area contributed by atoms with Gasteiger partial charge in [-0.15, -0.1) is 0 Å². The second-order valence-corrected chi connectivity index (χ2v) is 5.07. The van der Waals surface area contributed by atoms with Gasteiger partial charge in [-0.1, -0.05) is 13.3 Å². The van der Waals surface area contributed by atoms with Gasteiger partial charge in [-0.25, -0.2) is 0 Å². The first-order valence-corrected chi connectivity index (χ1v) is 7.04. The number of nitrogens with zero attached hydrogens (tertiary/aromatic N) is 2. The molecule has 2 aromatic rings. The van der Waals surface area contributed by atoms with E-state index in [1.165, 1.54) is 16.8 Å². The Hall–Kier alpha value is -3.03. The van der Waals surface area contributed by atoms with Crippen LogP contribution < -0.4 is 11.1 Å². The van der Waals surface area contributed by atoms with Gasteiger partial charge in [0.2, 0.25) is 0 Å². The van der Waals surface area contributed by atoms with Crippen LogP contribution in [-0.2, 0) is 13.5 Å². The molecular weight excluding hydrogens is 300 g/mol. The summed E-state index contributed by atoms with van der Waals surface area (Å²) in [7, 11) is 1.57. The number of rotatable bonds is 5. The smallest absolute Gasteiger partial charge is 0.269 e. The number of carbonyl (C=O) groups is 2. The van der Waals surface area contributed by atoms with Gasteiger partial charge in [0.25, 0.3) is 11.8 Å². The normalized spacial score (nSPS) is 10.5. The Morgan fingerprint density at radius 2 is 2.00 bits per heavy atom. The SMILES string of the molecule is CCCc1nn(C)c(C(N)=O)c1NC(=O)c1ccc(O)c(O)c1. The van der Waals surface area contributed by atoms with E-state index in [1.807, 2.05) is 6.92 Å². The van der Waals surface area contributed by atoms with Crippen molar-refractivity contribution in [1.29, 1.82) is 0 Å². The lowest BCUT2D eigenvalue weighted by molar-refractivity contribution is 0.0992. The number of aromatic hydroxyl groups is 2. The van der Waals surface area contributed by atoms with E-state index in [9.17, 15) is 19.8 Å². The number of phenols is 2. The molecule has 1 aromatic carbocycles. The van der Waals surface area contributed by atoms with Crippen LogP contribution in [0, 0.1) is 0 Å². The summed E-state index contributed by atoms with van der Waals surface area (Å²) in [6, 6.07) is 3.68. The topological polar surface area (TPSA) is 130 Å². The van der Waals surface area contributed by atoms with Gasteiger partial charge in [0.15, 0.2) is 11.5 Å². The molecular formula is C15H18N4O4. The molecule has 23 heavy (non-hydrogen) atoms. The second kappa shape index (κ2) is 6.39. The van der Waals surface area contributed by atoms with E-state index in [-0.39, 0.29) is 22.7 Å². The Bertz CT molecular complexity index is 767. The van der Waals surface area contributed by atoms with Crippen LogP contribution in [0.2, 0.25) is 0 Å². The zero-order valence-electron chi connectivity index (χ0n) is 12.8. The lowest BCUT2D eigenvalue weighted by Gasteiger charge is -2.08. The van der Waals surface area contributed by atoms with Crippen LogP contribution in [0.25, 0.3) is 0 Å². The molecule has 122 valence electrons. The standard InChI is InChI=1S/C15H18N4O4/c1-3-4-9-12(13(14(16)22)19(2)18-9)17-15(23)8-5-6-10(20)11(21)7-8/h5-7,20-21H,3-4H2,1-2H3,(H2,16,22)(H,17,23). The average molecular weight is 318 g/mol. The summed E-state index contributed by atoms with van der Waals surface area (Å²) in [6.45, 7) is 1.95. The molecule has 0 spiro atoms. The molecule has 5 N–H and O–H groups in total. The van der Waals surface area contributed by atoms with Crippen LogP contribution in [0.4, 0.5) is 5.69 Å². The predicted octanol–water partition coefficient (Wildman–Crippen LogP) is 1.14. The van der Waals surface area contributed by atoms with Gasteiger partial charge in [-0.2, -0.15) is 5.10 Å². The second-order valence-electron chi connectivity index (χ2n) is 5.07. The van der Waals surface area contributed by atoms with Crippen LogP contribution in [0.1, 0.15) is 39.9 Å². The first-order valence-electron chi connectivity index (χ1n) is 7.04. The quantitative estimate of drug-likeness (QED) is 0.614. The number of aromatic nitrogens is 2. The van der Waals surface area contributed by atoms with Crippen molar-refractivity contribution in [3.05, 3.63) is 35.2 Å². The Labute approximate surface area is 132 Å². The Morgan fingerprint density at radius 1 is 1.30 bits per heavy atom. The third-order valence-corrected chi connectivity index (χ3v) is 3.32. The van der Waals surface area contributed by atoms with Crippen LogP contribution in [-0.4, -0.2) is 31.8 Å². The highest BCUT2D eigenvalue weighted by Crippen LogP contribution is 2.26. The maximum absolute atomic E-state index is 12.3. The summed E-state index contributed by atoms with van der Waals surface area (Å²) in [6.07, 6.45) is 1.34. The molecule has 0 fully saturated rings. The molecule has 0 radical (unpaired) electrons. The molecule has 0 bridgehead atoms. The Morgan fingerprint density at radius 3 is 2.57 bits per heavy atom. The fourth-order valence-electron chi connectivity index (χ4n) is 2.26. The third kappa shape index (κ3) is 3.25. The number of phenolic OH excluding ortho intramolecular Hbond substituents is 2. The monoisotopic (exact) mass is 318 g/mol. The average Bonchev–Trinajstić information content (AvgIpc) is 2.78. The molecule has 0 aliphatic carbocycles. The number of hydrogen-bond donors (Lipinski definition) is 4. The molecule has 8 nitrogen and oxygen atoms in total. The van der Waals surface area contributed by atoms with Crippen LogP contribution in [0.5, 0.6) is 11.5 Å². The molecule has 0 unspecified atom stereocenters. The minimum atomic E-state index is -0.703. The minimum absolute atomic E-state index is 0.102. The van der Waals surface area contributed by atoms with E-state index in [2.05, 4.69) is 10.4 Å². The zero-order chi connectivity index (χ0) is 17.1. The fourth-order valence-corrected chi connectivity index (χ4v) is 2.26. The van der Waals surface area contributed by atoms with Crippen molar-refractivity contribution in [2.45, 2.75) is 19.8 Å². The number of carbonyl (C=O) groups excluding carboxylic acids is 2. The van der Waals surface area contributed by atoms with Gasteiger partial charge in [-0.3, -0.25) is 14.3 Å². The first-order chi connectivity index (χ1) is 10.8. The predicted molar refractivity (Wildman–Crippen MR) is 83.4 cm³/mol. The highest BCUT2D eigenvalue weighted by atomic mass is 16.3. The van der Waals surface area contributed by atoms with E-state index >= 15 is 0 Å². The van der Waals surface area contributed by atoms with Crippen molar-refractivity contribution in [2.75, 3.05) is 5.32 Å². The number of benzene rings is 1. The molecule has 2 amide bonds. The van der Waals surface area contributed by atoms with E-state index in [0.717, 1.165) is 12.5 Å². The molecule has 0 saturated heterocycles. The Balaban J connectivity index is 2.39. The van der Waals surface area contributed by atoms with Crippen molar-refractivity contribution in [3.63, 3.8) is 0 Å². The lowest BCUT2D eigenvalue weighted by atomic mass is 10.1. The van der Waals surface area contributed by atoms with Gasteiger partial charge in [0, 0.05) is 12.6 Å². The van der Waals surface area contributed by atoms with Gasteiger partial charge >= 0.3 is 0 Å². The molecule has 0 atom stereocenters. The molecule has 0 saturated carbocycles. The van der Waals surface area contributed by atoms with Crippen LogP contribution in [0.3, 0.4) is 0 Å². The number of nitrogens with one attached hydrogen (secondary N) is 1. The van der Waals surface area contributed by atoms with E-state index in [0.29, 0.717) is 12.1 Å². The highest BCUT2D eigenvalue weighted by molar-refractivity contribution is 6.08. The van der Waals surface area contributed by atoms with Gasteiger partial charge in [-0.05, 0) is 24.6 Å². The largest absolute Gasteiger partial charge is 0.504 e. The third-order valence-electron chi connectivity index (χ3n) is 3.32. The summed E-state index contributed by atoms with van der Waals surface area (Å²) in [5.41, 5.74) is 6.41. The van der Waals surface area contributed by atoms with Crippen molar-refractivity contribution < 1.29 is 19.8 Å². The number of amides is 2. The van der Waals surface area contributed by atoms with E-state index in [4.69, 9.17) is 5.73 Å². The van der Waals surface area contributed by atoms with Crippen molar-refractivity contribution in [3.8, 4) is 11.5 Å². The van der Waals surface area contributed by atoms with Gasteiger partial charge in [0.1, 0.15) is 5.69 Å². The maximum atomic E-state index is 12.3. The van der Waals surface area contributed by atoms with Crippen molar-refractivity contribution in [1.82, 2.24) is 9.78 Å². The van der Waals surface area contributed by atoms with Crippen LogP contribution >= 0.6 is 0 Å². The molecule has 8 heteroatoms. The number of hydrogen-bond acceptors (Lipinski definition) is 5. The summed E-state index contributed by atoms with van der Waals surface area (Å²) < 4.78 is 1.33. The van der Waals surface area contributed by atoms with Crippen LogP contribution in [0.15, 0.2) is 18.2 Å². The highest BCUT2D eigenvalue weighted by Gasteiger charge is 2.22. The van der Waals surface area contributed by atoms with E-state index in [1.54, 1.807) is 7.05 Å². The lowest BCUT2D eigenvalue weighted by Crippen LogP contribution is -2.20. The summed E-state index contributed by atoms with van der Waals surface area (Å²) in [5, 5.41) is 25.6. The molecule has 1 aromatic heterocycles. The summed E-state index contributed by atoms with van der Waals surface area (Å²) >= 11 is 0. The number of aryl methyl sites for hydroxylation is 2. The number of anilines is 1.